The van der Waals surface area contributed by atoms with Crippen LogP contribution in [0.15, 0.2) is 36.5 Å². The fourth-order valence-corrected chi connectivity index (χ4v) is 4.94. The lowest BCUT2D eigenvalue weighted by atomic mass is 9.98. The third kappa shape index (κ3) is 4.31. The molecule has 1 N–H and O–H groups in total. The molecule has 2 aliphatic rings. The highest BCUT2D eigenvalue weighted by Gasteiger charge is 2.49. The van der Waals surface area contributed by atoms with E-state index >= 15 is 0 Å². The summed E-state index contributed by atoms with van der Waals surface area (Å²) in [6.45, 7) is 15.4. The van der Waals surface area contributed by atoms with Crippen molar-refractivity contribution >= 4 is 40.4 Å². The minimum absolute atomic E-state index is 0.0844. The molecule has 7 nitrogen and oxygen atoms in total. The molecule has 2 aromatic rings. The highest BCUT2D eigenvalue weighted by atomic mass is 32.1. The minimum Gasteiger partial charge on any atom is -0.396 e. The number of hydrogen-bond acceptors (Lipinski definition) is 5. The third-order valence-corrected chi connectivity index (χ3v) is 7.13. The molecule has 8 heteroatoms. The summed E-state index contributed by atoms with van der Waals surface area (Å²) in [5.41, 5.74) is 2.25. The standard InChI is InChI=1S/C25H29N5O2S/c1-17-13-20(6-7-21(17)26-4)30-23(32)25(2,3)29(24(30)33)15-19-5-8-22(27-14-19)28-11-9-18(16-31)10-12-28/h5-8,13-14,18,31H,9-12,15-16H2,1-3H3. The number of aryl methyl sites for hydroxylation is 1. The fraction of sp³-hybridized carbons (Fsp3) is 0.440. The summed E-state index contributed by atoms with van der Waals surface area (Å²) in [5, 5.41) is 9.80. The maximum Gasteiger partial charge on any atom is 0.258 e. The second kappa shape index (κ2) is 9.08. The van der Waals surface area contributed by atoms with Gasteiger partial charge in [0, 0.05) is 38.1 Å². The normalized spacial score (nSPS) is 18.7. The van der Waals surface area contributed by atoms with Crippen molar-refractivity contribution in [1.29, 1.82) is 0 Å². The monoisotopic (exact) mass is 463 g/mol. The second-order valence-electron chi connectivity index (χ2n) is 9.29. The first-order valence-electron chi connectivity index (χ1n) is 11.2. The number of piperidine rings is 1. The van der Waals surface area contributed by atoms with Gasteiger partial charge in [-0.3, -0.25) is 9.69 Å². The Morgan fingerprint density at radius 2 is 1.97 bits per heavy atom. The van der Waals surface area contributed by atoms with Gasteiger partial charge in [-0.25, -0.2) is 9.83 Å². The molecule has 2 aliphatic heterocycles. The largest absolute Gasteiger partial charge is 0.396 e. The maximum atomic E-state index is 13.3. The Labute approximate surface area is 200 Å². The van der Waals surface area contributed by atoms with Gasteiger partial charge in [-0.1, -0.05) is 12.1 Å². The van der Waals surface area contributed by atoms with E-state index in [2.05, 4.69) is 14.7 Å². The summed E-state index contributed by atoms with van der Waals surface area (Å²) in [6.07, 6.45) is 3.81. The van der Waals surface area contributed by atoms with Gasteiger partial charge >= 0.3 is 0 Å². The molecule has 0 bridgehead atoms. The first-order chi connectivity index (χ1) is 15.8. The molecule has 0 atom stereocenters. The molecule has 33 heavy (non-hydrogen) atoms. The average Bonchev–Trinajstić information content (AvgIpc) is 2.99. The van der Waals surface area contributed by atoms with Gasteiger partial charge in [0.15, 0.2) is 10.8 Å². The number of thiocarbonyl (C=S) groups is 1. The van der Waals surface area contributed by atoms with Gasteiger partial charge in [-0.05, 0) is 81.1 Å². The van der Waals surface area contributed by atoms with Gasteiger partial charge in [0.25, 0.3) is 5.91 Å². The van der Waals surface area contributed by atoms with E-state index in [-0.39, 0.29) is 12.5 Å². The summed E-state index contributed by atoms with van der Waals surface area (Å²) >= 11 is 5.75. The number of pyridine rings is 1. The van der Waals surface area contributed by atoms with Crippen LogP contribution < -0.4 is 9.80 Å². The zero-order chi connectivity index (χ0) is 23.8. The molecule has 1 aromatic heterocycles. The molecule has 2 fully saturated rings. The van der Waals surface area contributed by atoms with Crippen LogP contribution in [0.5, 0.6) is 0 Å². The second-order valence-corrected chi connectivity index (χ2v) is 9.65. The van der Waals surface area contributed by atoms with Crippen molar-refractivity contribution in [2.45, 2.75) is 45.7 Å². The van der Waals surface area contributed by atoms with Crippen molar-refractivity contribution in [1.82, 2.24) is 9.88 Å². The molecular formula is C25H29N5O2S. The molecule has 0 spiro atoms. The summed E-state index contributed by atoms with van der Waals surface area (Å²) in [7, 11) is 0. The van der Waals surface area contributed by atoms with Crippen LogP contribution in [0.4, 0.5) is 17.2 Å². The molecule has 2 saturated heterocycles. The highest BCUT2D eigenvalue weighted by molar-refractivity contribution is 7.80. The zero-order valence-electron chi connectivity index (χ0n) is 19.3. The number of carbonyl (C=O) groups is 1. The van der Waals surface area contributed by atoms with Gasteiger partial charge in [-0.15, -0.1) is 0 Å². The van der Waals surface area contributed by atoms with Crippen LogP contribution in [0.1, 0.15) is 37.8 Å². The van der Waals surface area contributed by atoms with Gasteiger partial charge < -0.3 is 14.9 Å². The van der Waals surface area contributed by atoms with Crippen LogP contribution in [0.2, 0.25) is 0 Å². The smallest absolute Gasteiger partial charge is 0.258 e. The van der Waals surface area contributed by atoms with Gasteiger partial charge in [0.05, 0.1) is 6.57 Å². The number of benzene rings is 1. The van der Waals surface area contributed by atoms with E-state index in [1.165, 1.54) is 0 Å². The predicted octanol–water partition coefficient (Wildman–Crippen LogP) is 4.06. The minimum atomic E-state index is -0.797. The van der Waals surface area contributed by atoms with Crippen LogP contribution >= 0.6 is 12.2 Å². The highest BCUT2D eigenvalue weighted by Crippen LogP contribution is 2.35. The number of rotatable bonds is 5. The first-order valence-corrected chi connectivity index (χ1v) is 11.6. The number of amides is 1. The molecule has 172 valence electrons. The van der Waals surface area contributed by atoms with Gasteiger partial charge in [0.1, 0.15) is 11.4 Å². The summed E-state index contributed by atoms with van der Waals surface area (Å²) in [5.74, 6) is 1.24. The topological polar surface area (TPSA) is 64.3 Å². The lowest BCUT2D eigenvalue weighted by Crippen LogP contribution is -2.43. The van der Waals surface area contributed by atoms with Crippen LogP contribution in [0, 0.1) is 19.4 Å². The van der Waals surface area contributed by atoms with Crippen molar-refractivity contribution in [2.75, 3.05) is 29.5 Å². The zero-order valence-corrected chi connectivity index (χ0v) is 20.1. The van der Waals surface area contributed by atoms with E-state index in [0.29, 0.717) is 28.9 Å². The number of carbonyl (C=O) groups excluding carboxylic acids is 1. The number of aliphatic hydroxyl groups excluding tert-OH is 1. The van der Waals surface area contributed by atoms with Crippen molar-refractivity contribution in [3.8, 4) is 0 Å². The quantitative estimate of drug-likeness (QED) is 0.533. The molecule has 4 rings (SSSR count). The Bertz CT molecular complexity index is 1100. The van der Waals surface area contributed by atoms with Crippen LogP contribution in [-0.2, 0) is 11.3 Å². The first kappa shape index (κ1) is 23.1. The van der Waals surface area contributed by atoms with Gasteiger partial charge in [-0.2, -0.15) is 0 Å². The molecule has 0 unspecified atom stereocenters. The summed E-state index contributed by atoms with van der Waals surface area (Å²) in [6, 6.07) is 9.41. The fourth-order valence-electron chi connectivity index (χ4n) is 4.46. The van der Waals surface area contributed by atoms with E-state index in [4.69, 9.17) is 18.8 Å². The third-order valence-electron chi connectivity index (χ3n) is 6.73. The lowest BCUT2D eigenvalue weighted by Gasteiger charge is -2.32. The van der Waals surface area contributed by atoms with Gasteiger partial charge in [0.2, 0.25) is 0 Å². The Kier molecular flexibility index (Phi) is 6.37. The van der Waals surface area contributed by atoms with Crippen LogP contribution in [0.3, 0.4) is 0 Å². The van der Waals surface area contributed by atoms with Crippen LogP contribution in [-0.4, -0.2) is 51.2 Å². The Morgan fingerprint density at radius 1 is 1.24 bits per heavy atom. The summed E-state index contributed by atoms with van der Waals surface area (Å²) in [4.78, 5) is 27.2. The Balaban J connectivity index is 1.51. The Morgan fingerprint density at radius 3 is 2.55 bits per heavy atom. The van der Waals surface area contributed by atoms with Crippen LogP contribution in [0.25, 0.3) is 4.85 Å². The molecule has 1 aromatic carbocycles. The number of aromatic nitrogens is 1. The number of nitrogens with zero attached hydrogens (tertiary/aromatic N) is 5. The molecule has 0 aliphatic carbocycles. The van der Waals surface area contributed by atoms with E-state index in [9.17, 15) is 9.90 Å². The van der Waals surface area contributed by atoms with Crippen molar-refractivity contribution in [3.63, 3.8) is 0 Å². The molecule has 0 radical (unpaired) electrons. The average molecular weight is 464 g/mol. The summed E-state index contributed by atoms with van der Waals surface area (Å²) < 4.78 is 0. The maximum absolute atomic E-state index is 13.3. The number of aliphatic hydroxyl groups is 1. The van der Waals surface area contributed by atoms with E-state index in [1.54, 1.807) is 17.0 Å². The van der Waals surface area contributed by atoms with Crippen molar-refractivity contribution in [2.24, 2.45) is 5.92 Å². The Hall–Kier alpha value is -3.02. The van der Waals surface area contributed by atoms with E-state index < -0.39 is 5.54 Å². The van der Waals surface area contributed by atoms with E-state index in [1.807, 2.05) is 50.1 Å². The molecule has 3 heterocycles. The number of hydrogen-bond donors (Lipinski definition) is 1. The van der Waals surface area contributed by atoms with Crippen molar-refractivity contribution < 1.29 is 9.90 Å². The molecule has 0 saturated carbocycles. The number of anilines is 2. The predicted molar refractivity (Wildman–Crippen MR) is 133 cm³/mol. The van der Waals surface area contributed by atoms with Crippen molar-refractivity contribution in [3.05, 3.63) is 59.1 Å². The molecule has 1 amide bonds. The molecular weight excluding hydrogens is 434 g/mol. The van der Waals surface area contributed by atoms with E-state index in [0.717, 1.165) is 42.9 Å². The SMILES string of the molecule is [C-]#[N+]c1ccc(N2C(=O)C(C)(C)N(Cc3ccc(N4CCC(CO)CC4)nc3)C2=S)cc1C. The lowest BCUT2D eigenvalue weighted by molar-refractivity contribution is -0.123.